The van der Waals surface area contributed by atoms with E-state index in [1.807, 2.05) is 22.6 Å². The van der Waals surface area contributed by atoms with E-state index in [-0.39, 0.29) is 0 Å². The number of nitrogens with zero attached hydrogens (tertiary/aromatic N) is 1. The first-order valence-corrected chi connectivity index (χ1v) is 2.55. The first-order chi connectivity index (χ1) is 2.64. The molecule has 0 amide bonds. The van der Waals surface area contributed by atoms with Gasteiger partial charge < -0.3 is 5.01 Å². The van der Waals surface area contributed by atoms with Gasteiger partial charge in [-0.05, 0) is 22.6 Å². The smallest absolute Gasteiger partial charge is 0.0822 e. The van der Waals surface area contributed by atoms with Crippen LogP contribution in [0, 0.1) is 0 Å². The number of rotatable bonds is 1. The molecular formula is C3H7IN2. The first kappa shape index (κ1) is 6.23. The minimum Gasteiger partial charge on any atom is -0.309 e. The van der Waals surface area contributed by atoms with Crippen LogP contribution in [-0.2, 0) is 0 Å². The van der Waals surface area contributed by atoms with E-state index in [9.17, 15) is 0 Å². The molecule has 0 radical (unpaired) electrons. The van der Waals surface area contributed by atoms with Crippen molar-refractivity contribution in [3.63, 3.8) is 0 Å². The van der Waals surface area contributed by atoms with E-state index in [1.165, 1.54) is 5.01 Å². The first-order valence-electron chi connectivity index (χ1n) is 1.47. The Kier molecular flexibility index (Phi) is 2.50. The summed E-state index contributed by atoms with van der Waals surface area (Å²) in [5, 5.41) is 1.46. The fraction of sp³-hybridized carbons (Fsp3) is 0.333. The molecule has 3 heteroatoms. The van der Waals surface area contributed by atoms with Crippen molar-refractivity contribution in [3.8, 4) is 0 Å². The Balaban J connectivity index is 3.26. The van der Waals surface area contributed by atoms with Gasteiger partial charge in [-0.3, -0.25) is 0 Å². The molecule has 0 aromatic rings. The van der Waals surface area contributed by atoms with Crippen molar-refractivity contribution in [2.24, 2.45) is 5.84 Å². The van der Waals surface area contributed by atoms with Gasteiger partial charge in [0.2, 0.25) is 0 Å². The van der Waals surface area contributed by atoms with E-state index in [2.05, 4.69) is 6.58 Å². The van der Waals surface area contributed by atoms with Crippen LogP contribution in [0.15, 0.2) is 10.3 Å². The average molecular weight is 198 g/mol. The van der Waals surface area contributed by atoms with Crippen molar-refractivity contribution in [2.45, 2.75) is 0 Å². The molecule has 0 unspecified atom stereocenters. The third kappa shape index (κ3) is 2.47. The van der Waals surface area contributed by atoms with Crippen LogP contribution in [0.2, 0.25) is 0 Å². The molecule has 0 rings (SSSR count). The van der Waals surface area contributed by atoms with E-state index < -0.39 is 0 Å². The van der Waals surface area contributed by atoms with Crippen LogP contribution in [0.3, 0.4) is 0 Å². The lowest BCUT2D eigenvalue weighted by Crippen LogP contribution is -2.21. The van der Waals surface area contributed by atoms with Gasteiger partial charge in [0, 0.05) is 7.05 Å². The van der Waals surface area contributed by atoms with Crippen molar-refractivity contribution >= 4 is 22.6 Å². The molecule has 36 valence electrons. The highest BCUT2D eigenvalue weighted by atomic mass is 127. The highest BCUT2D eigenvalue weighted by Crippen LogP contribution is 1.99. The Labute approximate surface area is 51.1 Å². The zero-order valence-electron chi connectivity index (χ0n) is 3.61. The molecule has 0 fully saturated rings. The molecule has 0 aliphatic heterocycles. The Hall–Kier alpha value is 0.230. The molecule has 0 saturated carbocycles. The molecule has 0 spiro atoms. The molecular weight excluding hydrogens is 191 g/mol. The molecule has 6 heavy (non-hydrogen) atoms. The van der Waals surface area contributed by atoms with Crippen molar-refractivity contribution in [1.29, 1.82) is 0 Å². The third-order valence-corrected chi connectivity index (χ3v) is 1.14. The maximum atomic E-state index is 5.16. The summed E-state index contributed by atoms with van der Waals surface area (Å²) in [6.07, 6.45) is 0. The maximum Gasteiger partial charge on any atom is 0.0822 e. The number of hydrogen-bond acceptors (Lipinski definition) is 2. The summed E-state index contributed by atoms with van der Waals surface area (Å²) in [6.45, 7) is 3.54. The molecule has 0 saturated heterocycles. The van der Waals surface area contributed by atoms with Gasteiger partial charge in [-0.1, -0.05) is 6.58 Å². The van der Waals surface area contributed by atoms with Crippen LogP contribution in [0.1, 0.15) is 0 Å². The van der Waals surface area contributed by atoms with Gasteiger partial charge in [-0.15, -0.1) is 0 Å². The number of hydrogen-bond donors (Lipinski definition) is 1. The van der Waals surface area contributed by atoms with Gasteiger partial charge in [-0.2, -0.15) is 0 Å². The lowest BCUT2D eigenvalue weighted by Gasteiger charge is -2.06. The molecule has 0 aromatic carbocycles. The molecule has 2 nitrogen and oxygen atoms in total. The van der Waals surface area contributed by atoms with Gasteiger partial charge in [0.15, 0.2) is 0 Å². The normalized spacial score (nSPS) is 7.83. The summed E-state index contributed by atoms with van der Waals surface area (Å²) in [5.74, 6) is 5.16. The van der Waals surface area contributed by atoms with Crippen LogP contribution < -0.4 is 5.84 Å². The minimum atomic E-state index is 0.840. The number of hydrazine groups is 1. The summed E-state index contributed by atoms with van der Waals surface area (Å²) in [6, 6.07) is 0. The van der Waals surface area contributed by atoms with E-state index >= 15 is 0 Å². The summed E-state index contributed by atoms with van der Waals surface area (Å²) < 4.78 is 0.840. The summed E-state index contributed by atoms with van der Waals surface area (Å²) in [7, 11) is 1.74. The van der Waals surface area contributed by atoms with Crippen molar-refractivity contribution in [3.05, 3.63) is 10.3 Å². The molecule has 2 N–H and O–H groups in total. The predicted octanol–water partition coefficient (Wildman–Crippen LogP) is 0.698. The maximum absolute atomic E-state index is 5.16. The fourth-order valence-electron chi connectivity index (χ4n) is 0. The van der Waals surface area contributed by atoms with E-state index in [0.717, 1.165) is 3.70 Å². The second-order valence-electron chi connectivity index (χ2n) is 0.987. The van der Waals surface area contributed by atoms with E-state index in [4.69, 9.17) is 5.84 Å². The quantitative estimate of drug-likeness (QED) is 0.291. The van der Waals surface area contributed by atoms with E-state index in [0.29, 0.717) is 0 Å². The zero-order chi connectivity index (χ0) is 5.15. The Morgan fingerprint density at radius 3 is 2.17 bits per heavy atom. The fourth-order valence-corrected chi connectivity index (χ4v) is 0. The third-order valence-electron chi connectivity index (χ3n) is 0.383. The van der Waals surface area contributed by atoms with Crippen LogP contribution in [0.25, 0.3) is 0 Å². The molecule has 0 heterocycles. The average Bonchev–Trinajstić information content (AvgIpc) is 1.36. The van der Waals surface area contributed by atoms with Gasteiger partial charge in [-0.25, -0.2) is 5.84 Å². The predicted molar refractivity (Wildman–Crippen MR) is 35.1 cm³/mol. The van der Waals surface area contributed by atoms with E-state index in [1.54, 1.807) is 7.05 Å². The number of nitrogens with two attached hydrogens (primary N) is 1. The van der Waals surface area contributed by atoms with Crippen LogP contribution >= 0.6 is 22.6 Å². The molecule has 0 atom stereocenters. The minimum absolute atomic E-state index is 0.840. The molecule has 0 aromatic heterocycles. The SMILES string of the molecule is C=C(I)N(C)N. The summed E-state index contributed by atoms with van der Waals surface area (Å²) in [4.78, 5) is 0. The lowest BCUT2D eigenvalue weighted by atomic mass is 11.0. The number of halogens is 1. The summed E-state index contributed by atoms with van der Waals surface area (Å²) in [5.41, 5.74) is 0. The largest absolute Gasteiger partial charge is 0.309 e. The van der Waals surface area contributed by atoms with Crippen molar-refractivity contribution in [1.82, 2.24) is 5.01 Å². The highest BCUT2D eigenvalue weighted by Gasteiger charge is 1.82. The van der Waals surface area contributed by atoms with Crippen LogP contribution in [-0.4, -0.2) is 12.1 Å². The zero-order valence-corrected chi connectivity index (χ0v) is 5.77. The second kappa shape index (κ2) is 2.41. The van der Waals surface area contributed by atoms with Crippen molar-refractivity contribution in [2.75, 3.05) is 7.05 Å². The topological polar surface area (TPSA) is 29.3 Å². The molecule has 0 aliphatic carbocycles. The van der Waals surface area contributed by atoms with Gasteiger partial charge in [0.05, 0.1) is 3.70 Å². The van der Waals surface area contributed by atoms with Crippen molar-refractivity contribution < 1.29 is 0 Å². The second-order valence-corrected chi connectivity index (χ2v) is 2.23. The summed E-state index contributed by atoms with van der Waals surface area (Å²) >= 11 is 2.04. The van der Waals surface area contributed by atoms with Gasteiger partial charge in [0.1, 0.15) is 0 Å². The van der Waals surface area contributed by atoms with Crippen LogP contribution in [0.5, 0.6) is 0 Å². The Morgan fingerprint density at radius 1 is 2.00 bits per heavy atom. The standard InChI is InChI=1S/C3H7IN2/c1-3(4)6(2)5/h1,5H2,2H3. The molecule has 0 bridgehead atoms. The van der Waals surface area contributed by atoms with Gasteiger partial charge in [0.25, 0.3) is 0 Å². The highest BCUT2D eigenvalue weighted by molar-refractivity contribution is 14.1. The monoisotopic (exact) mass is 198 g/mol. The molecule has 0 aliphatic rings. The van der Waals surface area contributed by atoms with Gasteiger partial charge >= 0.3 is 0 Å². The van der Waals surface area contributed by atoms with Crippen LogP contribution in [0.4, 0.5) is 0 Å². The Bertz CT molecular complexity index is 59.8. The Morgan fingerprint density at radius 2 is 2.17 bits per heavy atom. The lowest BCUT2D eigenvalue weighted by molar-refractivity contribution is 0.481.